The van der Waals surface area contributed by atoms with Gasteiger partial charge in [-0.25, -0.2) is 4.98 Å². The van der Waals surface area contributed by atoms with Crippen LogP contribution in [-0.4, -0.2) is 31.7 Å². The van der Waals surface area contributed by atoms with Crippen LogP contribution in [0.5, 0.6) is 0 Å². The molecule has 7 heteroatoms. The van der Waals surface area contributed by atoms with Gasteiger partial charge in [-0.2, -0.15) is 0 Å². The molecule has 0 saturated heterocycles. The molecule has 1 amide bonds. The molecular formula is C23H20Cl2N4O. The number of aryl methyl sites for hydroxylation is 1. The molecule has 1 aromatic carbocycles. The maximum absolute atomic E-state index is 13.6. The van der Waals surface area contributed by atoms with Crippen LogP contribution in [0, 0.1) is 6.92 Å². The van der Waals surface area contributed by atoms with Crippen molar-refractivity contribution in [1.29, 1.82) is 0 Å². The fourth-order valence-corrected chi connectivity index (χ4v) is 3.96. The number of carbonyl (C=O) groups excluding carboxylic acids is 1. The van der Waals surface area contributed by atoms with Crippen molar-refractivity contribution >= 4 is 34.8 Å². The van der Waals surface area contributed by atoms with Crippen LogP contribution in [0.1, 0.15) is 27.4 Å². The van der Waals surface area contributed by atoms with Gasteiger partial charge in [-0.3, -0.25) is 14.2 Å². The van der Waals surface area contributed by atoms with Crippen molar-refractivity contribution in [2.24, 2.45) is 0 Å². The monoisotopic (exact) mass is 438 g/mol. The number of amides is 1. The van der Waals surface area contributed by atoms with E-state index in [1.807, 2.05) is 60.4 Å². The summed E-state index contributed by atoms with van der Waals surface area (Å²) in [7, 11) is 0. The zero-order valence-corrected chi connectivity index (χ0v) is 17.9. The minimum atomic E-state index is -0.127. The topological polar surface area (TPSA) is 50.5 Å². The Labute approximate surface area is 184 Å². The third-order valence-electron chi connectivity index (χ3n) is 4.89. The van der Waals surface area contributed by atoms with Crippen LogP contribution in [0.15, 0.2) is 67.0 Å². The number of aromatic nitrogens is 3. The molecule has 0 atom stereocenters. The molecule has 0 fully saturated rings. The smallest absolute Gasteiger partial charge is 0.273 e. The Morgan fingerprint density at radius 2 is 1.87 bits per heavy atom. The lowest BCUT2D eigenvalue weighted by Gasteiger charge is -2.23. The van der Waals surface area contributed by atoms with Crippen molar-refractivity contribution in [1.82, 2.24) is 19.3 Å². The minimum absolute atomic E-state index is 0.127. The lowest BCUT2D eigenvalue weighted by atomic mass is 10.1. The van der Waals surface area contributed by atoms with Crippen molar-refractivity contribution in [3.8, 4) is 0 Å². The van der Waals surface area contributed by atoms with E-state index in [1.54, 1.807) is 22.9 Å². The first-order valence-corrected chi connectivity index (χ1v) is 10.4. The van der Waals surface area contributed by atoms with Crippen molar-refractivity contribution in [2.45, 2.75) is 19.9 Å². The lowest BCUT2D eigenvalue weighted by Crippen LogP contribution is -2.34. The van der Waals surface area contributed by atoms with E-state index in [-0.39, 0.29) is 5.91 Å². The molecule has 0 saturated carbocycles. The van der Waals surface area contributed by atoms with E-state index in [0.29, 0.717) is 46.6 Å². The van der Waals surface area contributed by atoms with Gasteiger partial charge >= 0.3 is 0 Å². The number of hydrogen-bond donors (Lipinski definition) is 0. The highest BCUT2D eigenvalue weighted by Gasteiger charge is 2.24. The first-order valence-electron chi connectivity index (χ1n) is 9.60. The number of hydrogen-bond acceptors (Lipinski definition) is 3. The predicted octanol–water partition coefficient (Wildman–Crippen LogP) is 5.23. The van der Waals surface area contributed by atoms with Gasteiger partial charge in [0.25, 0.3) is 5.91 Å². The number of carbonyl (C=O) groups is 1. The normalized spacial score (nSPS) is 11.0. The van der Waals surface area contributed by atoms with Crippen LogP contribution >= 0.6 is 23.2 Å². The Morgan fingerprint density at radius 1 is 1.10 bits per heavy atom. The Hall–Kier alpha value is -2.89. The molecule has 0 aliphatic rings. The molecule has 4 aromatic rings. The molecule has 4 rings (SSSR count). The first kappa shape index (κ1) is 20.4. The van der Waals surface area contributed by atoms with Crippen LogP contribution in [0.3, 0.4) is 0 Å². The zero-order valence-electron chi connectivity index (χ0n) is 16.4. The fraction of sp³-hybridized carbons (Fsp3) is 0.174. The number of rotatable bonds is 6. The summed E-state index contributed by atoms with van der Waals surface area (Å²) in [5.41, 5.74) is 3.58. The number of pyridine rings is 2. The Balaban J connectivity index is 1.70. The molecule has 3 heterocycles. The Morgan fingerprint density at radius 3 is 2.60 bits per heavy atom. The maximum Gasteiger partial charge on any atom is 0.273 e. The van der Waals surface area contributed by atoms with E-state index in [2.05, 4.69) is 9.97 Å². The van der Waals surface area contributed by atoms with Crippen LogP contribution in [0.2, 0.25) is 10.0 Å². The zero-order chi connectivity index (χ0) is 21.1. The third-order valence-corrected chi connectivity index (χ3v) is 5.37. The number of fused-ring (bicyclic) bond motifs is 1. The van der Waals surface area contributed by atoms with Gasteiger partial charge < -0.3 is 4.90 Å². The number of benzene rings is 1. The second kappa shape index (κ2) is 8.86. The summed E-state index contributed by atoms with van der Waals surface area (Å²) >= 11 is 12.5. The van der Waals surface area contributed by atoms with E-state index < -0.39 is 0 Å². The van der Waals surface area contributed by atoms with Crippen molar-refractivity contribution in [2.75, 3.05) is 6.54 Å². The van der Waals surface area contributed by atoms with Gasteiger partial charge in [0.2, 0.25) is 0 Å². The minimum Gasteiger partial charge on any atom is -0.333 e. The Kier molecular flexibility index (Phi) is 6.02. The summed E-state index contributed by atoms with van der Waals surface area (Å²) in [6, 6.07) is 17.3. The van der Waals surface area contributed by atoms with E-state index in [1.165, 1.54) is 0 Å². The molecular weight excluding hydrogens is 419 g/mol. The van der Waals surface area contributed by atoms with Gasteiger partial charge in [0.1, 0.15) is 5.69 Å². The van der Waals surface area contributed by atoms with Gasteiger partial charge in [-0.1, -0.05) is 59.6 Å². The molecule has 0 aliphatic heterocycles. The fourth-order valence-electron chi connectivity index (χ4n) is 3.45. The highest BCUT2D eigenvalue weighted by Crippen LogP contribution is 2.25. The average molecular weight is 439 g/mol. The molecule has 3 aromatic heterocycles. The van der Waals surface area contributed by atoms with Gasteiger partial charge in [-0.05, 0) is 30.7 Å². The Bertz CT molecular complexity index is 1180. The largest absolute Gasteiger partial charge is 0.333 e. The maximum atomic E-state index is 13.6. The van der Waals surface area contributed by atoms with Crippen LogP contribution in [0.25, 0.3) is 5.65 Å². The summed E-state index contributed by atoms with van der Waals surface area (Å²) in [6.07, 6.45) is 4.09. The highest BCUT2D eigenvalue weighted by atomic mass is 35.5. The predicted molar refractivity (Wildman–Crippen MR) is 119 cm³/mol. The number of imidazole rings is 1. The summed E-state index contributed by atoms with van der Waals surface area (Å²) in [5, 5.41) is 0.856. The molecule has 0 aliphatic carbocycles. The molecule has 0 spiro atoms. The van der Waals surface area contributed by atoms with E-state index >= 15 is 0 Å². The highest BCUT2D eigenvalue weighted by molar-refractivity contribution is 6.36. The third kappa shape index (κ3) is 4.32. The average Bonchev–Trinajstić information content (AvgIpc) is 3.08. The van der Waals surface area contributed by atoms with Gasteiger partial charge in [0.15, 0.2) is 5.65 Å². The summed E-state index contributed by atoms with van der Waals surface area (Å²) in [6.45, 7) is 2.81. The van der Waals surface area contributed by atoms with Gasteiger partial charge in [0.05, 0.1) is 15.7 Å². The summed E-state index contributed by atoms with van der Waals surface area (Å²) in [5.74, 6) is -0.127. The molecule has 5 nitrogen and oxygen atoms in total. The SMILES string of the molecule is Cc1nc2c(Cl)cc(Cl)cn2c1C(=O)N(CCc1ccccn1)Cc1ccccc1. The van der Waals surface area contributed by atoms with Crippen LogP contribution < -0.4 is 0 Å². The van der Waals surface area contributed by atoms with Crippen molar-refractivity contribution < 1.29 is 4.79 Å². The summed E-state index contributed by atoms with van der Waals surface area (Å²) in [4.78, 5) is 24.3. The van der Waals surface area contributed by atoms with Crippen molar-refractivity contribution in [3.63, 3.8) is 0 Å². The lowest BCUT2D eigenvalue weighted by molar-refractivity contribution is 0.0737. The van der Waals surface area contributed by atoms with Crippen LogP contribution in [0.4, 0.5) is 0 Å². The van der Waals surface area contributed by atoms with Crippen LogP contribution in [-0.2, 0) is 13.0 Å². The van der Waals surface area contributed by atoms with E-state index in [4.69, 9.17) is 23.2 Å². The molecule has 0 unspecified atom stereocenters. The molecule has 152 valence electrons. The van der Waals surface area contributed by atoms with Crippen molar-refractivity contribution in [3.05, 3.63) is 99.7 Å². The molecule has 30 heavy (non-hydrogen) atoms. The molecule has 0 N–H and O–H groups in total. The van der Waals surface area contributed by atoms with Gasteiger partial charge in [-0.15, -0.1) is 0 Å². The standard InChI is InChI=1S/C23H20Cl2N4O/c1-16-21(29-15-18(24)13-20(25)22(29)27-16)23(30)28(14-17-7-3-2-4-8-17)12-10-19-9-5-6-11-26-19/h2-9,11,13,15H,10,12,14H2,1H3. The quantitative estimate of drug-likeness (QED) is 0.414. The first-order chi connectivity index (χ1) is 14.5. The van der Waals surface area contributed by atoms with E-state index in [9.17, 15) is 4.79 Å². The number of nitrogens with zero attached hydrogens (tertiary/aromatic N) is 4. The second-order valence-electron chi connectivity index (χ2n) is 7.03. The molecule has 0 radical (unpaired) electrons. The van der Waals surface area contributed by atoms with Gasteiger partial charge in [0, 0.05) is 37.6 Å². The second-order valence-corrected chi connectivity index (χ2v) is 7.87. The van der Waals surface area contributed by atoms with E-state index in [0.717, 1.165) is 11.3 Å². The summed E-state index contributed by atoms with van der Waals surface area (Å²) < 4.78 is 1.68. The molecule has 0 bridgehead atoms. The number of halogens is 2.